The number of fused-ring (bicyclic) bond motifs is 5. The van der Waals surface area contributed by atoms with Crippen molar-refractivity contribution in [3.63, 3.8) is 0 Å². The molecule has 0 spiro atoms. The Morgan fingerprint density at radius 3 is 2.50 bits per heavy atom. The molecule has 4 aliphatic rings. The lowest BCUT2D eigenvalue weighted by molar-refractivity contribution is -0.201. The van der Waals surface area contributed by atoms with Gasteiger partial charge < -0.3 is 5.11 Å². The molecule has 0 saturated heterocycles. The van der Waals surface area contributed by atoms with Crippen LogP contribution in [0, 0.1) is 46.3 Å². The molecular formula is C27H45ClO2. The molecule has 0 amide bonds. The van der Waals surface area contributed by atoms with Gasteiger partial charge in [0.1, 0.15) is 5.78 Å². The first-order valence-electron chi connectivity index (χ1n) is 12.9. The quantitative estimate of drug-likeness (QED) is 0.470. The second-order valence-electron chi connectivity index (χ2n) is 12.7. The van der Waals surface area contributed by atoms with Crippen molar-refractivity contribution >= 4 is 17.4 Å². The number of carbonyl (C=O) groups is 1. The average Bonchev–Trinajstić information content (AvgIpc) is 3.01. The molecule has 1 N–H and O–H groups in total. The molecule has 0 aliphatic heterocycles. The molecule has 172 valence electrons. The monoisotopic (exact) mass is 436 g/mol. The van der Waals surface area contributed by atoms with Crippen LogP contribution in [0.2, 0.25) is 0 Å². The number of hydrogen-bond acceptors (Lipinski definition) is 2. The molecule has 0 aromatic rings. The fourth-order valence-electron chi connectivity index (χ4n) is 9.05. The summed E-state index contributed by atoms with van der Waals surface area (Å²) in [7, 11) is 0. The lowest BCUT2D eigenvalue weighted by atomic mass is 9.43. The molecule has 4 aliphatic carbocycles. The molecule has 9 atom stereocenters. The lowest BCUT2D eigenvalue weighted by Gasteiger charge is -2.64. The van der Waals surface area contributed by atoms with Crippen LogP contribution in [-0.4, -0.2) is 21.9 Å². The maximum Gasteiger partial charge on any atom is 0.135 e. The fraction of sp³-hybridized carbons (Fsp3) is 0.963. The number of alkyl halides is 1. The van der Waals surface area contributed by atoms with Gasteiger partial charge in [-0.1, -0.05) is 53.9 Å². The molecular weight excluding hydrogens is 392 g/mol. The maximum absolute atomic E-state index is 12.2. The van der Waals surface area contributed by atoms with E-state index in [2.05, 4.69) is 34.6 Å². The first-order valence-corrected chi connectivity index (χ1v) is 13.3. The lowest BCUT2D eigenvalue weighted by Crippen LogP contribution is -2.67. The summed E-state index contributed by atoms with van der Waals surface area (Å²) < 4.78 is 0. The van der Waals surface area contributed by atoms with Crippen molar-refractivity contribution in [2.45, 2.75) is 116 Å². The van der Waals surface area contributed by atoms with E-state index in [0.717, 1.165) is 36.5 Å². The van der Waals surface area contributed by atoms with Crippen molar-refractivity contribution in [1.82, 2.24) is 0 Å². The third-order valence-corrected chi connectivity index (χ3v) is 11.4. The summed E-state index contributed by atoms with van der Waals surface area (Å²) in [4.78, 5) is 12.2. The van der Waals surface area contributed by atoms with Gasteiger partial charge in [0, 0.05) is 18.3 Å². The second-order valence-corrected chi connectivity index (χ2v) is 13.2. The van der Waals surface area contributed by atoms with E-state index in [1.165, 1.54) is 44.9 Å². The van der Waals surface area contributed by atoms with E-state index in [-0.39, 0.29) is 23.0 Å². The molecule has 3 heteroatoms. The number of carbonyl (C=O) groups excluding carboxylic acids is 1. The number of rotatable bonds is 5. The van der Waals surface area contributed by atoms with Crippen LogP contribution in [0.15, 0.2) is 0 Å². The molecule has 0 aromatic carbocycles. The third kappa shape index (κ3) is 3.42. The zero-order valence-corrected chi connectivity index (χ0v) is 20.8. The highest BCUT2D eigenvalue weighted by Gasteiger charge is 2.67. The summed E-state index contributed by atoms with van der Waals surface area (Å²) >= 11 is 6.94. The molecule has 0 aromatic heterocycles. The number of aliphatic hydroxyl groups is 1. The predicted octanol–water partition coefficient (Wildman–Crippen LogP) is 7.01. The first kappa shape index (κ1) is 23.1. The van der Waals surface area contributed by atoms with Gasteiger partial charge in [-0.05, 0) is 79.4 Å². The van der Waals surface area contributed by atoms with Gasteiger partial charge in [-0.15, -0.1) is 11.6 Å². The minimum absolute atomic E-state index is 0.196. The van der Waals surface area contributed by atoms with Gasteiger partial charge in [-0.3, -0.25) is 4.79 Å². The standard InChI is InChI=1S/C27H45ClO2/c1-17(2)7-6-8-18(3)21-9-10-22-20-15-24(28)27(30)16-19(29)11-14-26(27,5)23(20)12-13-25(21,22)4/h17-18,20-24,30H,6-16H2,1-5H3. The largest absolute Gasteiger partial charge is 0.387 e. The Kier molecular flexibility index (Phi) is 6.20. The summed E-state index contributed by atoms with van der Waals surface area (Å²) in [5.41, 5.74) is -0.759. The van der Waals surface area contributed by atoms with E-state index < -0.39 is 5.60 Å². The molecule has 4 saturated carbocycles. The van der Waals surface area contributed by atoms with Crippen LogP contribution in [-0.2, 0) is 4.79 Å². The van der Waals surface area contributed by atoms with Gasteiger partial charge in [0.2, 0.25) is 0 Å². The topological polar surface area (TPSA) is 37.3 Å². The van der Waals surface area contributed by atoms with Gasteiger partial charge in [0.05, 0.1) is 11.0 Å². The maximum atomic E-state index is 12.2. The molecule has 0 radical (unpaired) electrons. The van der Waals surface area contributed by atoms with E-state index in [4.69, 9.17) is 11.6 Å². The average molecular weight is 437 g/mol. The summed E-state index contributed by atoms with van der Waals surface area (Å²) in [5.74, 6) is 4.56. The Hall–Kier alpha value is -0.0800. The summed E-state index contributed by atoms with van der Waals surface area (Å²) in [6, 6.07) is 0. The van der Waals surface area contributed by atoms with Crippen LogP contribution in [0.4, 0.5) is 0 Å². The fourth-order valence-corrected chi connectivity index (χ4v) is 9.58. The smallest absolute Gasteiger partial charge is 0.135 e. The summed E-state index contributed by atoms with van der Waals surface area (Å²) in [5, 5.41) is 11.4. The molecule has 9 unspecified atom stereocenters. The molecule has 0 heterocycles. The Labute approximate surface area is 189 Å². The molecule has 4 fully saturated rings. The van der Waals surface area contributed by atoms with Crippen LogP contribution in [0.1, 0.15) is 105 Å². The van der Waals surface area contributed by atoms with Crippen LogP contribution in [0.3, 0.4) is 0 Å². The zero-order valence-electron chi connectivity index (χ0n) is 20.1. The number of ketones is 1. The van der Waals surface area contributed by atoms with Crippen LogP contribution in [0.5, 0.6) is 0 Å². The molecule has 0 bridgehead atoms. The van der Waals surface area contributed by atoms with E-state index in [1.807, 2.05) is 0 Å². The van der Waals surface area contributed by atoms with Gasteiger partial charge in [0.15, 0.2) is 0 Å². The molecule has 4 rings (SSSR count). The molecule has 2 nitrogen and oxygen atoms in total. The predicted molar refractivity (Wildman–Crippen MR) is 125 cm³/mol. The highest BCUT2D eigenvalue weighted by atomic mass is 35.5. The number of halogens is 1. The van der Waals surface area contributed by atoms with Gasteiger partial charge in [-0.25, -0.2) is 0 Å². The van der Waals surface area contributed by atoms with Crippen molar-refractivity contribution in [2.75, 3.05) is 0 Å². The third-order valence-electron chi connectivity index (χ3n) is 10.8. The minimum atomic E-state index is -0.999. The highest BCUT2D eigenvalue weighted by Crippen LogP contribution is 2.69. The zero-order chi connectivity index (χ0) is 21.9. The number of hydrogen-bond donors (Lipinski definition) is 1. The van der Waals surface area contributed by atoms with Crippen molar-refractivity contribution in [1.29, 1.82) is 0 Å². The summed E-state index contributed by atoms with van der Waals surface area (Å²) in [6.07, 6.45) is 11.9. The Bertz CT molecular complexity index is 661. The first-order chi connectivity index (χ1) is 14.0. The van der Waals surface area contributed by atoms with Gasteiger partial charge in [-0.2, -0.15) is 0 Å². The van der Waals surface area contributed by atoms with Crippen LogP contribution in [0.25, 0.3) is 0 Å². The highest BCUT2D eigenvalue weighted by molar-refractivity contribution is 6.21. The van der Waals surface area contributed by atoms with Crippen LogP contribution < -0.4 is 0 Å². The van der Waals surface area contributed by atoms with Crippen molar-refractivity contribution < 1.29 is 9.90 Å². The Morgan fingerprint density at radius 2 is 1.80 bits per heavy atom. The van der Waals surface area contributed by atoms with Crippen molar-refractivity contribution in [3.8, 4) is 0 Å². The van der Waals surface area contributed by atoms with Crippen molar-refractivity contribution in [3.05, 3.63) is 0 Å². The normalized spacial score (nSPS) is 49.5. The van der Waals surface area contributed by atoms with E-state index >= 15 is 0 Å². The molecule has 30 heavy (non-hydrogen) atoms. The van der Waals surface area contributed by atoms with Crippen LogP contribution >= 0.6 is 11.6 Å². The van der Waals surface area contributed by atoms with E-state index in [9.17, 15) is 9.90 Å². The second kappa shape index (κ2) is 8.05. The minimum Gasteiger partial charge on any atom is -0.387 e. The van der Waals surface area contributed by atoms with Gasteiger partial charge in [0.25, 0.3) is 0 Å². The van der Waals surface area contributed by atoms with E-state index in [0.29, 0.717) is 23.7 Å². The van der Waals surface area contributed by atoms with Gasteiger partial charge >= 0.3 is 0 Å². The SMILES string of the molecule is CC(C)CCCC(C)C1CCC2C3CC(Cl)C4(O)CC(=O)CCC4(C)C3CCC12C. The van der Waals surface area contributed by atoms with E-state index in [1.54, 1.807) is 0 Å². The number of Topliss-reactive ketones (excluding diaryl/α,β-unsaturated/α-hetero) is 1. The summed E-state index contributed by atoms with van der Waals surface area (Å²) in [6.45, 7) is 12.1. The Morgan fingerprint density at radius 1 is 1.07 bits per heavy atom. The Balaban J connectivity index is 1.54. The van der Waals surface area contributed by atoms with Crippen molar-refractivity contribution in [2.24, 2.45) is 46.3 Å².